The van der Waals surface area contributed by atoms with Gasteiger partial charge < -0.3 is 11.1 Å². The van der Waals surface area contributed by atoms with Gasteiger partial charge in [0, 0.05) is 12.0 Å². The summed E-state index contributed by atoms with van der Waals surface area (Å²) in [6.45, 7) is 0. The Hall–Kier alpha value is -2.13. The molecule has 0 aliphatic heterocycles. The van der Waals surface area contributed by atoms with E-state index < -0.39 is 6.04 Å². The van der Waals surface area contributed by atoms with Crippen LogP contribution >= 0.6 is 0 Å². The Morgan fingerprint density at radius 2 is 1.65 bits per heavy atom. The highest BCUT2D eigenvalue weighted by molar-refractivity contribution is 5.83. The Labute approximate surface area is 118 Å². The van der Waals surface area contributed by atoms with Gasteiger partial charge in [0.25, 0.3) is 0 Å². The van der Waals surface area contributed by atoms with E-state index >= 15 is 0 Å². The van der Waals surface area contributed by atoms with Gasteiger partial charge in [0.15, 0.2) is 0 Å². The molecule has 2 aromatic carbocycles. The molecular weight excluding hydrogens is 248 g/mol. The summed E-state index contributed by atoms with van der Waals surface area (Å²) in [5, 5.41) is 3.04. The topological polar surface area (TPSA) is 55.1 Å². The van der Waals surface area contributed by atoms with E-state index in [-0.39, 0.29) is 11.9 Å². The SMILES string of the molecule is N[C@@H](C(=O)NC1CC1c1ccccc1)c1ccccc1. The fourth-order valence-electron chi connectivity index (χ4n) is 2.51. The molecule has 0 spiro atoms. The van der Waals surface area contributed by atoms with Crippen LogP contribution in [0.3, 0.4) is 0 Å². The average molecular weight is 266 g/mol. The molecule has 1 fully saturated rings. The Kier molecular flexibility index (Phi) is 3.52. The monoisotopic (exact) mass is 266 g/mol. The lowest BCUT2D eigenvalue weighted by atomic mass is 10.1. The van der Waals surface area contributed by atoms with Crippen molar-refractivity contribution in [2.24, 2.45) is 5.73 Å². The van der Waals surface area contributed by atoms with Crippen LogP contribution in [0, 0.1) is 0 Å². The third-order valence-corrected chi connectivity index (χ3v) is 3.79. The van der Waals surface area contributed by atoms with Gasteiger partial charge in [-0.2, -0.15) is 0 Å². The van der Waals surface area contributed by atoms with Crippen molar-refractivity contribution < 1.29 is 4.79 Å². The summed E-state index contributed by atoms with van der Waals surface area (Å²) >= 11 is 0. The largest absolute Gasteiger partial charge is 0.351 e. The molecule has 3 heteroatoms. The van der Waals surface area contributed by atoms with E-state index in [1.807, 2.05) is 48.5 Å². The Morgan fingerprint density at radius 1 is 1.05 bits per heavy atom. The minimum atomic E-state index is -0.590. The van der Waals surface area contributed by atoms with Gasteiger partial charge in [0.05, 0.1) is 0 Å². The van der Waals surface area contributed by atoms with Crippen LogP contribution in [0.15, 0.2) is 60.7 Å². The molecule has 1 saturated carbocycles. The van der Waals surface area contributed by atoms with Crippen molar-refractivity contribution >= 4 is 5.91 Å². The molecule has 0 aromatic heterocycles. The number of hydrogen-bond acceptors (Lipinski definition) is 2. The van der Waals surface area contributed by atoms with Crippen molar-refractivity contribution in [1.82, 2.24) is 5.32 Å². The second kappa shape index (κ2) is 5.47. The lowest BCUT2D eigenvalue weighted by molar-refractivity contribution is -0.122. The summed E-state index contributed by atoms with van der Waals surface area (Å²) in [5.74, 6) is 0.336. The number of carbonyl (C=O) groups is 1. The van der Waals surface area contributed by atoms with E-state index in [1.165, 1.54) is 5.56 Å². The van der Waals surface area contributed by atoms with E-state index in [9.17, 15) is 4.79 Å². The summed E-state index contributed by atoms with van der Waals surface area (Å²) in [4.78, 5) is 12.1. The highest BCUT2D eigenvalue weighted by Crippen LogP contribution is 2.40. The summed E-state index contributed by atoms with van der Waals surface area (Å²) in [7, 11) is 0. The van der Waals surface area contributed by atoms with E-state index in [0.717, 1.165) is 12.0 Å². The molecule has 0 heterocycles. The van der Waals surface area contributed by atoms with Crippen LogP contribution < -0.4 is 11.1 Å². The Bertz CT molecular complexity index is 582. The molecule has 1 amide bonds. The van der Waals surface area contributed by atoms with Crippen LogP contribution in [0.2, 0.25) is 0 Å². The summed E-state index contributed by atoms with van der Waals surface area (Å²) in [6, 6.07) is 19.4. The van der Waals surface area contributed by atoms with Crippen molar-refractivity contribution in [1.29, 1.82) is 0 Å². The molecule has 2 unspecified atom stereocenters. The van der Waals surface area contributed by atoms with Gasteiger partial charge in [0.1, 0.15) is 6.04 Å². The molecule has 102 valence electrons. The standard InChI is InChI=1S/C17H18N2O/c18-16(13-9-5-2-6-10-13)17(20)19-15-11-14(15)12-7-3-1-4-8-12/h1-10,14-16H,11,18H2,(H,19,20)/t14?,15?,16-/m1/s1. The first-order valence-corrected chi connectivity index (χ1v) is 6.91. The first-order valence-electron chi connectivity index (χ1n) is 6.91. The lowest BCUT2D eigenvalue weighted by Gasteiger charge is -2.12. The van der Waals surface area contributed by atoms with E-state index in [2.05, 4.69) is 17.4 Å². The molecule has 0 bridgehead atoms. The molecule has 1 aliphatic carbocycles. The number of rotatable bonds is 4. The van der Waals surface area contributed by atoms with Gasteiger partial charge in [-0.1, -0.05) is 60.7 Å². The zero-order chi connectivity index (χ0) is 13.9. The highest BCUT2D eigenvalue weighted by Gasteiger charge is 2.40. The molecule has 20 heavy (non-hydrogen) atoms. The fourth-order valence-corrected chi connectivity index (χ4v) is 2.51. The van der Waals surface area contributed by atoms with Crippen LogP contribution in [0.1, 0.15) is 29.5 Å². The third kappa shape index (κ3) is 2.73. The predicted octanol–water partition coefficient (Wildman–Crippen LogP) is 2.36. The quantitative estimate of drug-likeness (QED) is 0.892. The maximum Gasteiger partial charge on any atom is 0.241 e. The van der Waals surface area contributed by atoms with Crippen molar-refractivity contribution in [3.63, 3.8) is 0 Å². The van der Waals surface area contributed by atoms with Crippen molar-refractivity contribution in [2.45, 2.75) is 24.4 Å². The molecule has 3 N–H and O–H groups in total. The Morgan fingerprint density at radius 3 is 2.30 bits per heavy atom. The van der Waals surface area contributed by atoms with Crippen LogP contribution in [-0.2, 0) is 4.79 Å². The van der Waals surface area contributed by atoms with Crippen LogP contribution in [0.5, 0.6) is 0 Å². The van der Waals surface area contributed by atoms with E-state index in [1.54, 1.807) is 0 Å². The van der Waals surface area contributed by atoms with E-state index in [4.69, 9.17) is 5.73 Å². The van der Waals surface area contributed by atoms with Crippen molar-refractivity contribution in [3.05, 3.63) is 71.8 Å². The number of hydrogen-bond donors (Lipinski definition) is 2. The zero-order valence-corrected chi connectivity index (χ0v) is 11.2. The normalized spacial score (nSPS) is 22.1. The van der Waals surface area contributed by atoms with Gasteiger partial charge in [-0.3, -0.25) is 4.79 Å². The molecular formula is C17H18N2O. The van der Waals surface area contributed by atoms with Crippen molar-refractivity contribution in [2.75, 3.05) is 0 Å². The molecule has 3 atom stereocenters. The first-order chi connectivity index (χ1) is 9.75. The highest BCUT2D eigenvalue weighted by atomic mass is 16.2. The summed E-state index contributed by atoms with van der Waals surface area (Å²) in [5.41, 5.74) is 8.12. The maximum atomic E-state index is 12.1. The fraction of sp³-hybridized carbons (Fsp3) is 0.235. The smallest absolute Gasteiger partial charge is 0.241 e. The predicted molar refractivity (Wildman–Crippen MR) is 79.1 cm³/mol. The molecule has 1 aliphatic rings. The average Bonchev–Trinajstić information content (AvgIpc) is 3.27. The molecule has 3 rings (SSSR count). The second-order valence-corrected chi connectivity index (χ2v) is 5.26. The zero-order valence-electron chi connectivity index (χ0n) is 11.2. The number of nitrogens with one attached hydrogen (secondary N) is 1. The van der Waals surface area contributed by atoms with E-state index in [0.29, 0.717) is 5.92 Å². The second-order valence-electron chi connectivity index (χ2n) is 5.26. The van der Waals surface area contributed by atoms with Gasteiger partial charge >= 0.3 is 0 Å². The number of nitrogens with two attached hydrogens (primary N) is 1. The Balaban J connectivity index is 1.59. The molecule has 2 aromatic rings. The van der Waals surface area contributed by atoms with Gasteiger partial charge in [-0.15, -0.1) is 0 Å². The third-order valence-electron chi connectivity index (χ3n) is 3.79. The van der Waals surface area contributed by atoms with Crippen LogP contribution in [-0.4, -0.2) is 11.9 Å². The number of amides is 1. The van der Waals surface area contributed by atoms with Crippen molar-refractivity contribution in [3.8, 4) is 0 Å². The number of carbonyl (C=O) groups excluding carboxylic acids is 1. The molecule has 3 nitrogen and oxygen atoms in total. The van der Waals surface area contributed by atoms with Gasteiger partial charge in [-0.05, 0) is 17.5 Å². The first kappa shape index (κ1) is 12.9. The molecule has 0 saturated heterocycles. The number of benzene rings is 2. The van der Waals surface area contributed by atoms with Crippen LogP contribution in [0.4, 0.5) is 0 Å². The lowest BCUT2D eigenvalue weighted by Crippen LogP contribution is -2.35. The molecule has 0 radical (unpaired) electrons. The minimum absolute atomic E-state index is 0.0976. The van der Waals surface area contributed by atoms with Gasteiger partial charge in [0.2, 0.25) is 5.91 Å². The maximum absolute atomic E-state index is 12.1. The summed E-state index contributed by atoms with van der Waals surface area (Å²) < 4.78 is 0. The summed E-state index contributed by atoms with van der Waals surface area (Å²) in [6.07, 6.45) is 0.997. The van der Waals surface area contributed by atoms with Gasteiger partial charge in [-0.25, -0.2) is 0 Å². The van der Waals surface area contributed by atoms with Crippen LogP contribution in [0.25, 0.3) is 0 Å². The minimum Gasteiger partial charge on any atom is -0.351 e.